The number of halogens is 2. The van der Waals surface area contributed by atoms with Gasteiger partial charge in [-0.3, -0.25) is 10.2 Å². The van der Waals surface area contributed by atoms with Crippen molar-refractivity contribution in [1.29, 1.82) is 5.41 Å². The number of hydrogen-bond donors (Lipinski definition) is 4. The van der Waals surface area contributed by atoms with Crippen molar-refractivity contribution >= 4 is 34.5 Å². The smallest absolute Gasteiger partial charge is 0.234 e. The zero-order chi connectivity index (χ0) is 14.4. The number of hydrogen-bond acceptors (Lipinski definition) is 3. The van der Waals surface area contributed by atoms with Gasteiger partial charge < -0.3 is 16.8 Å². The van der Waals surface area contributed by atoms with Crippen LogP contribution in [0.15, 0.2) is 23.2 Å². The maximum atomic E-state index is 12.9. The molecule has 0 saturated heterocycles. The van der Waals surface area contributed by atoms with E-state index >= 15 is 0 Å². The molecule has 0 aliphatic rings. The van der Waals surface area contributed by atoms with Crippen molar-refractivity contribution in [2.45, 2.75) is 0 Å². The first kappa shape index (κ1) is 14.9. The number of benzene rings is 1. The first-order valence-corrected chi connectivity index (χ1v) is 5.92. The van der Waals surface area contributed by atoms with E-state index in [9.17, 15) is 13.6 Å². The number of nitrogens with one attached hydrogen (secondary N) is 2. The second kappa shape index (κ2) is 6.69. The number of nitrogens with zero attached hydrogens (tertiary/aromatic N) is 1. The predicted octanol–water partition coefficient (Wildman–Crippen LogP) is 0.845. The van der Waals surface area contributed by atoms with E-state index in [2.05, 4.69) is 10.3 Å². The zero-order valence-electron chi connectivity index (χ0n) is 9.61. The molecule has 0 unspecified atom stereocenters. The molecule has 1 aromatic carbocycles. The summed E-state index contributed by atoms with van der Waals surface area (Å²) in [6.45, 7) is 0. The lowest BCUT2D eigenvalue weighted by atomic mass is 10.3. The van der Waals surface area contributed by atoms with E-state index in [1.54, 1.807) is 0 Å². The summed E-state index contributed by atoms with van der Waals surface area (Å²) in [4.78, 5) is 14.8. The highest BCUT2D eigenvalue weighted by molar-refractivity contribution is 8.14. The molecule has 19 heavy (non-hydrogen) atoms. The second-order valence-electron chi connectivity index (χ2n) is 3.34. The van der Waals surface area contributed by atoms with Crippen LogP contribution >= 0.6 is 11.8 Å². The van der Waals surface area contributed by atoms with E-state index in [4.69, 9.17) is 16.9 Å². The zero-order valence-corrected chi connectivity index (χ0v) is 10.4. The molecule has 102 valence electrons. The lowest BCUT2D eigenvalue weighted by Gasteiger charge is -2.05. The van der Waals surface area contributed by atoms with E-state index in [1.807, 2.05) is 0 Å². The molecule has 0 bridgehead atoms. The molecule has 9 heteroatoms. The minimum atomic E-state index is -0.795. The van der Waals surface area contributed by atoms with Crippen LogP contribution in [0.5, 0.6) is 0 Å². The van der Waals surface area contributed by atoms with Crippen molar-refractivity contribution in [1.82, 2.24) is 0 Å². The summed E-state index contributed by atoms with van der Waals surface area (Å²) < 4.78 is 25.7. The molecule has 6 N–H and O–H groups in total. The Balaban J connectivity index is 2.52. The van der Waals surface area contributed by atoms with Gasteiger partial charge in [-0.1, -0.05) is 11.8 Å². The molecule has 0 fully saturated rings. The summed E-state index contributed by atoms with van der Waals surface area (Å²) in [6.07, 6.45) is 0. The first-order valence-electron chi connectivity index (χ1n) is 4.94. The fraction of sp³-hybridized carbons (Fsp3) is 0.100. The standard InChI is InChI=1S/C10H11F2N5OS/c11-5-1-6(12)3-7(2-5)16-8(18)4-19-10(15)17-9(13)14/h1-3H,4H2,(H,16,18)(H5,13,14,15,17). The molecule has 1 rings (SSSR count). The third kappa shape index (κ3) is 5.82. The van der Waals surface area contributed by atoms with Gasteiger partial charge >= 0.3 is 0 Å². The summed E-state index contributed by atoms with van der Waals surface area (Å²) in [5.74, 6) is -2.57. The Labute approximate surface area is 111 Å². The van der Waals surface area contributed by atoms with Crippen molar-refractivity contribution in [3.05, 3.63) is 29.8 Å². The summed E-state index contributed by atoms with van der Waals surface area (Å²) in [5, 5.41) is 9.33. The quantitative estimate of drug-likeness (QED) is 0.487. The molecule has 0 aliphatic heterocycles. The summed E-state index contributed by atoms with van der Waals surface area (Å²) in [6, 6.07) is 2.65. The number of rotatable bonds is 3. The van der Waals surface area contributed by atoms with Gasteiger partial charge in [-0.15, -0.1) is 0 Å². The SMILES string of the molecule is N=C(N=C(N)N)SCC(=O)Nc1cc(F)cc(F)c1. The van der Waals surface area contributed by atoms with E-state index in [1.165, 1.54) is 0 Å². The summed E-state index contributed by atoms with van der Waals surface area (Å²) >= 11 is 0.777. The van der Waals surface area contributed by atoms with E-state index < -0.39 is 17.5 Å². The van der Waals surface area contributed by atoms with Crippen LogP contribution in [0.4, 0.5) is 14.5 Å². The van der Waals surface area contributed by atoms with Crippen LogP contribution in [0.1, 0.15) is 0 Å². The maximum absolute atomic E-state index is 12.9. The maximum Gasteiger partial charge on any atom is 0.234 e. The minimum Gasteiger partial charge on any atom is -0.370 e. The van der Waals surface area contributed by atoms with Crippen molar-refractivity contribution < 1.29 is 13.6 Å². The molecule has 0 spiro atoms. The molecule has 0 aliphatic carbocycles. The van der Waals surface area contributed by atoms with Crippen LogP contribution in [0, 0.1) is 17.0 Å². The van der Waals surface area contributed by atoms with Gasteiger partial charge in [-0.2, -0.15) is 4.99 Å². The highest BCUT2D eigenvalue weighted by Crippen LogP contribution is 2.13. The third-order valence-electron chi connectivity index (χ3n) is 1.72. The fourth-order valence-corrected chi connectivity index (χ4v) is 1.62. The Morgan fingerprint density at radius 1 is 1.32 bits per heavy atom. The number of amidine groups is 1. The number of carbonyl (C=O) groups excluding carboxylic acids is 1. The van der Waals surface area contributed by atoms with E-state index in [0.29, 0.717) is 6.07 Å². The minimum absolute atomic E-state index is 0.00327. The van der Waals surface area contributed by atoms with Crippen LogP contribution in [0.2, 0.25) is 0 Å². The summed E-state index contributed by atoms with van der Waals surface area (Å²) in [7, 11) is 0. The number of guanidine groups is 1. The summed E-state index contributed by atoms with van der Waals surface area (Å²) in [5.41, 5.74) is 10.1. The number of nitrogens with two attached hydrogens (primary N) is 2. The monoisotopic (exact) mass is 287 g/mol. The van der Waals surface area contributed by atoms with Gasteiger partial charge in [0.05, 0.1) is 5.75 Å². The van der Waals surface area contributed by atoms with Gasteiger partial charge in [-0.25, -0.2) is 8.78 Å². The number of anilines is 1. The van der Waals surface area contributed by atoms with Crippen LogP contribution < -0.4 is 16.8 Å². The highest BCUT2D eigenvalue weighted by Gasteiger charge is 2.07. The first-order chi connectivity index (χ1) is 8.86. The largest absolute Gasteiger partial charge is 0.370 e. The average Bonchev–Trinajstić information content (AvgIpc) is 2.23. The van der Waals surface area contributed by atoms with Gasteiger partial charge in [0.15, 0.2) is 11.1 Å². The Morgan fingerprint density at radius 2 is 1.89 bits per heavy atom. The second-order valence-corrected chi connectivity index (χ2v) is 4.30. The lowest BCUT2D eigenvalue weighted by Crippen LogP contribution is -2.24. The Morgan fingerprint density at radius 3 is 2.42 bits per heavy atom. The number of amides is 1. The van der Waals surface area contributed by atoms with E-state index in [-0.39, 0.29) is 22.6 Å². The Kier molecular flexibility index (Phi) is 5.24. The molecule has 1 aromatic rings. The molecule has 0 radical (unpaired) electrons. The average molecular weight is 287 g/mol. The fourth-order valence-electron chi connectivity index (χ4n) is 1.11. The van der Waals surface area contributed by atoms with Crippen molar-refractivity contribution in [3.8, 4) is 0 Å². The molecule has 0 heterocycles. The van der Waals surface area contributed by atoms with Crippen molar-refractivity contribution in [2.75, 3.05) is 11.1 Å². The van der Waals surface area contributed by atoms with E-state index in [0.717, 1.165) is 23.9 Å². The van der Waals surface area contributed by atoms with Gasteiger partial charge in [0, 0.05) is 11.8 Å². The Bertz CT molecular complexity index is 510. The van der Waals surface area contributed by atoms with Gasteiger partial charge in [-0.05, 0) is 12.1 Å². The topological polar surface area (TPSA) is 117 Å². The number of thioether (sulfide) groups is 1. The third-order valence-corrected chi connectivity index (χ3v) is 2.49. The van der Waals surface area contributed by atoms with Gasteiger partial charge in [0.2, 0.25) is 5.91 Å². The lowest BCUT2D eigenvalue weighted by molar-refractivity contribution is -0.113. The molecule has 6 nitrogen and oxygen atoms in total. The molecule has 1 amide bonds. The van der Waals surface area contributed by atoms with Crippen molar-refractivity contribution in [2.24, 2.45) is 16.5 Å². The number of aliphatic imine (C=N–C) groups is 1. The van der Waals surface area contributed by atoms with Crippen LogP contribution in [0.25, 0.3) is 0 Å². The molecule has 0 aromatic heterocycles. The van der Waals surface area contributed by atoms with Crippen LogP contribution in [0.3, 0.4) is 0 Å². The van der Waals surface area contributed by atoms with Crippen LogP contribution in [-0.2, 0) is 4.79 Å². The van der Waals surface area contributed by atoms with Crippen LogP contribution in [-0.4, -0.2) is 22.8 Å². The molecule has 0 atom stereocenters. The predicted molar refractivity (Wildman–Crippen MR) is 71.0 cm³/mol. The van der Waals surface area contributed by atoms with Gasteiger partial charge in [0.1, 0.15) is 11.6 Å². The Hall–Kier alpha value is -2.16. The molecular formula is C10H11F2N5OS. The normalized spacial score (nSPS) is 9.79. The number of carbonyl (C=O) groups is 1. The molecule has 0 saturated carbocycles. The molecular weight excluding hydrogens is 276 g/mol. The van der Waals surface area contributed by atoms with Gasteiger partial charge in [0.25, 0.3) is 0 Å². The highest BCUT2D eigenvalue weighted by atomic mass is 32.2. The van der Waals surface area contributed by atoms with Crippen molar-refractivity contribution in [3.63, 3.8) is 0 Å².